The van der Waals surface area contributed by atoms with Crippen molar-refractivity contribution in [2.75, 3.05) is 36.4 Å². The number of imide groups is 1. The predicted octanol–water partition coefficient (Wildman–Crippen LogP) is 3.84. The molecule has 3 aromatic rings. The van der Waals surface area contributed by atoms with E-state index in [1.54, 1.807) is 55.6 Å². The van der Waals surface area contributed by atoms with Crippen molar-refractivity contribution in [3.05, 3.63) is 65.7 Å². The molecule has 31 heavy (non-hydrogen) atoms. The molecule has 0 saturated carbocycles. The maximum Gasteiger partial charge on any atom is 0.320 e. The molecule has 0 atom stereocenters. The van der Waals surface area contributed by atoms with Crippen molar-refractivity contribution in [1.82, 2.24) is 0 Å². The van der Waals surface area contributed by atoms with Crippen LogP contribution in [0.4, 0.5) is 11.4 Å². The fourth-order valence-corrected chi connectivity index (χ4v) is 3.68. The van der Waals surface area contributed by atoms with Crippen LogP contribution in [0.3, 0.4) is 0 Å². The third-order valence-electron chi connectivity index (χ3n) is 5.03. The van der Waals surface area contributed by atoms with Gasteiger partial charge >= 0.3 is 5.97 Å². The summed E-state index contributed by atoms with van der Waals surface area (Å²) >= 11 is 5.41. The van der Waals surface area contributed by atoms with Crippen molar-refractivity contribution in [2.45, 2.75) is 0 Å². The van der Waals surface area contributed by atoms with Crippen LogP contribution in [0.15, 0.2) is 54.6 Å². The highest BCUT2D eigenvalue weighted by Crippen LogP contribution is 2.36. The molecule has 0 radical (unpaired) electrons. The van der Waals surface area contributed by atoms with Gasteiger partial charge in [-0.1, -0.05) is 12.1 Å². The number of hydrogen-bond donors (Lipinski definition) is 1. The molecule has 8 heteroatoms. The van der Waals surface area contributed by atoms with Gasteiger partial charge in [0.1, 0.15) is 18.2 Å². The van der Waals surface area contributed by atoms with Gasteiger partial charge in [0.25, 0.3) is 11.8 Å². The fourth-order valence-electron chi connectivity index (χ4n) is 3.61. The minimum Gasteiger partial charge on any atom is -0.497 e. The Morgan fingerprint density at radius 2 is 1.71 bits per heavy atom. The Balaban J connectivity index is 1.67. The average molecular weight is 439 g/mol. The third-order valence-corrected chi connectivity index (χ3v) is 5.25. The number of amides is 2. The van der Waals surface area contributed by atoms with Crippen molar-refractivity contribution < 1.29 is 23.9 Å². The Hall–Kier alpha value is -3.58. The summed E-state index contributed by atoms with van der Waals surface area (Å²) in [6.07, 6.45) is 0. The Morgan fingerprint density at radius 3 is 2.39 bits per heavy atom. The number of rotatable bonds is 7. The molecule has 0 unspecified atom stereocenters. The summed E-state index contributed by atoms with van der Waals surface area (Å²) in [6, 6.07) is 15.6. The first-order chi connectivity index (χ1) is 15.0. The molecule has 1 aliphatic heterocycles. The number of anilines is 2. The molecule has 1 heterocycles. The number of ether oxygens (including phenoxy) is 2. The lowest BCUT2D eigenvalue weighted by molar-refractivity contribution is -0.140. The number of halogens is 1. The maximum absolute atomic E-state index is 13.2. The van der Waals surface area contributed by atoms with Gasteiger partial charge < -0.3 is 14.8 Å². The number of esters is 1. The minimum absolute atomic E-state index is 0.150. The van der Waals surface area contributed by atoms with E-state index in [2.05, 4.69) is 5.32 Å². The summed E-state index contributed by atoms with van der Waals surface area (Å²) in [5.74, 6) is -0.829. The van der Waals surface area contributed by atoms with Gasteiger partial charge in [-0.2, -0.15) is 0 Å². The topological polar surface area (TPSA) is 84.9 Å². The lowest BCUT2D eigenvalue weighted by atomic mass is 9.92. The summed E-state index contributed by atoms with van der Waals surface area (Å²) in [5, 5.41) is 4.53. The summed E-state index contributed by atoms with van der Waals surface area (Å²) in [6.45, 7) is 0.513. The average Bonchev–Trinajstić information content (AvgIpc) is 2.80. The van der Waals surface area contributed by atoms with Crippen LogP contribution in [0.5, 0.6) is 5.75 Å². The van der Waals surface area contributed by atoms with Gasteiger partial charge in [-0.05, 0) is 42.5 Å². The molecule has 0 saturated heterocycles. The van der Waals surface area contributed by atoms with Gasteiger partial charge in [-0.3, -0.25) is 14.4 Å². The highest BCUT2D eigenvalue weighted by atomic mass is 35.5. The monoisotopic (exact) mass is 438 g/mol. The first-order valence-corrected chi connectivity index (χ1v) is 10.1. The molecule has 158 valence electrons. The van der Waals surface area contributed by atoms with E-state index < -0.39 is 5.97 Å². The molecule has 1 aliphatic rings. The fraction of sp³-hybridized carbons (Fsp3) is 0.174. The molecule has 3 aromatic carbocycles. The van der Waals surface area contributed by atoms with Crippen molar-refractivity contribution in [2.24, 2.45) is 0 Å². The van der Waals surface area contributed by atoms with E-state index in [0.29, 0.717) is 34.5 Å². The summed E-state index contributed by atoms with van der Waals surface area (Å²) < 4.78 is 10.1. The first-order valence-electron chi connectivity index (χ1n) is 9.59. The normalized spacial score (nSPS) is 12.8. The van der Waals surface area contributed by atoms with Crippen molar-refractivity contribution in [3.63, 3.8) is 0 Å². The lowest BCUT2D eigenvalue weighted by Crippen LogP contribution is -2.40. The summed E-state index contributed by atoms with van der Waals surface area (Å²) in [7, 11) is 1.55. The van der Waals surface area contributed by atoms with Crippen molar-refractivity contribution in [3.8, 4) is 5.75 Å². The van der Waals surface area contributed by atoms with Gasteiger partial charge in [-0.25, -0.2) is 4.90 Å². The van der Waals surface area contributed by atoms with Crippen LogP contribution in [0.2, 0.25) is 0 Å². The second-order valence-corrected chi connectivity index (χ2v) is 7.08. The summed E-state index contributed by atoms with van der Waals surface area (Å²) in [5.41, 5.74) is 2.10. The van der Waals surface area contributed by atoms with Crippen LogP contribution in [0, 0.1) is 0 Å². The highest BCUT2D eigenvalue weighted by molar-refractivity contribution is 6.36. The molecule has 4 rings (SSSR count). The maximum atomic E-state index is 13.2. The molecular formula is C23H19ClN2O5. The van der Waals surface area contributed by atoms with Gasteiger partial charge in [0.05, 0.1) is 12.8 Å². The van der Waals surface area contributed by atoms with Gasteiger partial charge in [-0.15, -0.1) is 11.6 Å². The number of nitrogens with zero attached hydrogens (tertiary/aromatic N) is 1. The number of alkyl halides is 1. The van der Waals surface area contributed by atoms with Gasteiger partial charge in [0, 0.05) is 34.1 Å². The quantitative estimate of drug-likeness (QED) is 0.261. The largest absolute Gasteiger partial charge is 0.497 e. The molecule has 0 aromatic heterocycles. The molecular weight excluding hydrogens is 420 g/mol. The Labute approximate surface area is 183 Å². The van der Waals surface area contributed by atoms with E-state index in [9.17, 15) is 14.4 Å². The molecule has 2 amide bonds. The first kappa shape index (κ1) is 20.7. The Morgan fingerprint density at radius 1 is 1.00 bits per heavy atom. The van der Waals surface area contributed by atoms with Crippen LogP contribution >= 0.6 is 11.6 Å². The number of hydrogen-bond acceptors (Lipinski definition) is 6. The van der Waals surface area contributed by atoms with Crippen LogP contribution in [-0.2, 0) is 9.53 Å². The molecule has 0 aliphatic carbocycles. The zero-order valence-corrected chi connectivity index (χ0v) is 17.4. The lowest BCUT2D eigenvalue weighted by Gasteiger charge is -2.28. The second-order valence-electron chi connectivity index (χ2n) is 6.81. The van der Waals surface area contributed by atoms with Crippen molar-refractivity contribution >= 4 is 51.5 Å². The van der Waals surface area contributed by atoms with Crippen LogP contribution in [0.1, 0.15) is 20.7 Å². The van der Waals surface area contributed by atoms with Crippen LogP contribution < -0.4 is 15.0 Å². The third kappa shape index (κ3) is 3.80. The Kier molecular flexibility index (Phi) is 5.77. The van der Waals surface area contributed by atoms with E-state index >= 15 is 0 Å². The smallest absolute Gasteiger partial charge is 0.320 e. The molecule has 1 N–H and O–H groups in total. The molecule has 0 bridgehead atoms. The zero-order chi connectivity index (χ0) is 22.0. The second kappa shape index (κ2) is 8.65. The van der Waals surface area contributed by atoms with Gasteiger partial charge in [0.2, 0.25) is 0 Å². The number of carbonyl (C=O) groups is 3. The van der Waals surface area contributed by atoms with E-state index in [0.717, 1.165) is 11.1 Å². The molecule has 7 nitrogen and oxygen atoms in total. The van der Waals surface area contributed by atoms with E-state index in [1.165, 1.54) is 4.90 Å². The zero-order valence-electron chi connectivity index (χ0n) is 16.7. The summed E-state index contributed by atoms with van der Waals surface area (Å²) in [4.78, 5) is 38.8. The van der Waals surface area contributed by atoms with Crippen molar-refractivity contribution in [1.29, 1.82) is 0 Å². The minimum atomic E-state index is -0.491. The van der Waals surface area contributed by atoms with E-state index in [1.807, 2.05) is 6.07 Å². The van der Waals surface area contributed by atoms with Crippen LogP contribution in [-0.4, -0.2) is 43.9 Å². The van der Waals surface area contributed by atoms with Gasteiger partial charge in [0.15, 0.2) is 0 Å². The predicted molar refractivity (Wildman–Crippen MR) is 118 cm³/mol. The molecule has 0 spiro atoms. The van der Waals surface area contributed by atoms with E-state index in [4.69, 9.17) is 21.1 Å². The Bertz CT molecular complexity index is 1150. The SMILES string of the molecule is COc1ccc(N2C(=O)c3cccc4c(NCCOC(=O)CCl)ccc(c34)C2=O)cc1. The van der Waals surface area contributed by atoms with Crippen LogP contribution in [0.25, 0.3) is 10.8 Å². The number of carbonyl (C=O) groups excluding carboxylic acids is 3. The number of benzene rings is 3. The molecule has 0 fully saturated rings. The highest BCUT2D eigenvalue weighted by Gasteiger charge is 2.34. The standard InChI is InChI=1S/C23H19ClN2O5/c1-30-15-7-5-14(6-8-15)26-22(28)17-4-2-3-16-19(25-11-12-31-20(27)13-24)10-9-18(21(16)17)23(26)29/h2-10,25H,11-13H2,1H3. The number of methoxy groups -OCH3 is 1. The number of nitrogens with one attached hydrogen (secondary N) is 1. The van der Waals surface area contributed by atoms with E-state index in [-0.39, 0.29) is 24.3 Å².